The molecular formula is C21H23N3O. The fraction of sp³-hybridized carbons (Fsp3) is 0.238. The van der Waals surface area contributed by atoms with E-state index in [1.165, 1.54) is 5.56 Å². The Morgan fingerprint density at radius 1 is 1.04 bits per heavy atom. The smallest absolute Gasteiger partial charge is 0.253 e. The number of amides is 1. The molecule has 0 aliphatic carbocycles. The third kappa shape index (κ3) is 3.33. The number of rotatable bonds is 4. The number of aryl methyl sites for hydroxylation is 3. The van der Waals surface area contributed by atoms with Crippen molar-refractivity contribution >= 4 is 5.91 Å². The van der Waals surface area contributed by atoms with E-state index in [-0.39, 0.29) is 5.91 Å². The Hall–Kier alpha value is -2.88. The largest absolute Gasteiger partial charge is 0.346 e. The van der Waals surface area contributed by atoms with E-state index in [1.807, 2.05) is 51.1 Å². The molecule has 0 unspecified atom stereocenters. The Morgan fingerprint density at radius 3 is 2.48 bits per heavy atom. The van der Waals surface area contributed by atoms with E-state index in [2.05, 4.69) is 33.9 Å². The number of hydrogen-bond donors (Lipinski definition) is 1. The van der Waals surface area contributed by atoms with Gasteiger partial charge in [0.2, 0.25) is 0 Å². The predicted molar refractivity (Wildman–Crippen MR) is 100 cm³/mol. The highest BCUT2D eigenvalue weighted by Crippen LogP contribution is 2.23. The zero-order valence-electron chi connectivity index (χ0n) is 15.1. The summed E-state index contributed by atoms with van der Waals surface area (Å²) in [5.74, 6) is -0.0713. The summed E-state index contributed by atoms with van der Waals surface area (Å²) in [6.45, 7) is 8.52. The van der Waals surface area contributed by atoms with E-state index >= 15 is 0 Å². The zero-order chi connectivity index (χ0) is 18.0. The molecule has 1 N–H and O–H groups in total. The van der Waals surface area contributed by atoms with Crippen LogP contribution in [0.2, 0.25) is 0 Å². The molecule has 1 aromatic carbocycles. The summed E-state index contributed by atoms with van der Waals surface area (Å²) in [7, 11) is 0. The Balaban J connectivity index is 1.86. The molecule has 128 valence electrons. The summed E-state index contributed by atoms with van der Waals surface area (Å²) in [6, 6.07) is 14.0. The molecule has 0 bridgehead atoms. The van der Waals surface area contributed by atoms with Gasteiger partial charge in [0.15, 0.2) is 0 Å². The van der Waals surface area contributed by atoms with Gasteiger partial charge in [-0.3, -0.25) is 9.78 Å². The second kappa shape index (κ2) is 6.93. The monoisotopic (exact) mass is 333 g/mol. The van der Waals surface area contributed by atoms with Crippen LogP contribution in [0.25, 0.3) is 5.69 Å². The maximum atomic E-state index is 12.7. The van der Waals surface area contributed by atoms with Gasteiger partial charge in [-0.05, 0) is 57.0 Å². The molecular weight excluding hydrogens is 310 g/mol. The lowest BCUT2D eigenvalue weighted by atomic mass is 10.2. The van der Waals surface area contributed by atoms with Crippen LogP contribution < -0.4 is 5.32 Å². The lowest BCUT2D eigenvalue weighted by Gasteiger charge is -2.13. The highest BCUT2D eigenvalue weighted by Gasteiger charge is 2.17. The SMILES string of the molecule is Cc1ccccc1-n1c(C)cc(C(=O)NCc2ncccc2C)c1C. The van der Waals surface area contributed by atoms with Gasteiger partial charge in [-0.25, -0.2) is 0 Å². The minimum absolute atomic E-state index is 0.0713. The fourth-order valence-electron chi connectivity index (χ4n) is 3.14. The van der Waals surface area contributed by atoms with E-state index in [1.54, 1.807) is 6.20 Å². The van der Waals surface area contributed by atoms with E-state index in [9.17, 15) is 4.79 Å². The molecule has 2 aromatic heterocycles. The Morgan fingerprint density at radius 2 is 1.76 bits per heavy atom. The van der Waals surface area contributed by atoms with Gasteiger partial charge in [0, 0.05) is 23.3 Å². The van der Waals surface area contributed by atoms with Crippen LogP contribution >= 0.6 is 0 Å². The molecule has 4 nitrogen and oxygen atoms in total. The average Bonchev–Trinajstić information content (AvgIpc) is 2.89. The number of nitrogens with one attached hydrogen (secondary N) is 1. The van der Waals surface area contributed by atoms with Crippen LogP contribution in [0.5, 0.6) is 0 Å². The molecule has 0 aliphatic rings. The van der Waals surface area contributed by atoms with E-state index < -0.39 is 0 Å². The van der Waals surface area contributed by atoms with Gasteiger partial charge >= 0.3 is 0 Å². The second-order valence-electron chi connectivity index (χ2n) is 6.36. The number of benzene rings is 1. The van der Waals surface area contributed by atoms with Crippen LogP contribution in [-0.4, -0.2) is 15.5 Å². The molecule has 0 saturated heterocycles. The lowest BCUT2D eigenvalue weighted by Crippen LogP contribution is -2.24. The Bertz CT molecular complexity index is 925. The van der Waals surface area contributed by atoms with Crippen molar-refractivity contribution < 1.29 is 4.79 Å². The van der Waals surface area contributed by atoms with Crippen LogP contribution in [0.4, 0.5) is 0 Å². The van der Waals surface area contributed by atoms with Crippen molar-refractivity contribution in [2.45, 2.75) is 34.2 Å². The van der Waals surface area contributed by atoms with Crippen molar-refractivity contribution in [2.75, 3.05) is 0 Å². The molecule has 0 fully saturated rings. The number of pyridine rings is 1. The zero-order valence-corrected chi connectivity index (χ0v) is 15.1. The molecule has 0 aliphatic heterocycles. The van der Waals surface area contributed by atoms with Crippen molar-refractivity contribution in [3.8, 4) is 5.69 Å². The molecule has 3 aromatic rings. The standard InChI is InChI=1S/C21H23N3O/c1-14-9-7-11-22-19(14)13-23-21(25)18-12-16(3)24(17(18)4)20-10-6-5-8-15(20)2/h5-12H,13H2,1-4H3,(H,23,25). The summed E-state index contributed by atoms with van der Waals surface area (Å²) < 4.78 is 2.14. The first kappa shape index (κ1) is 17.0. The predicted octanol–water partition coefficient (Wildman–Crippen LogP) is 4.04. The molecule has 0 spiro atoms. The van der Waals surface area contributed by atoms with Crippen LogP contribution in [0.3, 0.4) is 0 Å². The van der Waals surface area contributed by atoms with Crippen LogP contribution in [-0.2, 0) is 6.54 Å². The maximum Gasteiger partial charge on any atom is 0.253 e. The Labute approximate surface area is 148 Å². The average molecular weight is 333 g/mol. The highest BCUT2D eigenvalue weighted by molar-refractivity contribution is 5.95. The van der Waals surface area contributed by atoms with E-state index in [0.717, 1.165) is 28.3 Å². The third-order valence-corrected chi connectivity index (χ3v) is 4.57. The third-order valence-electron chi connectivity index (χ3n) is 4.57. The number of aromatic nitrogens is 2. The van der Waals surface area contributed by atoms with Crippen LogP contribution in [0.1, 0.15) is 38.6 Å². The van der Waals surface area contributed by atoms with Crippen LogP contribution in [0.15, 0.2) is 48.7 Å². The molecule has 1 amide bonds. The summed E-state index contributed by atoms with van der Waals surface area (Å²) in [5, 5.41) is 2.99. The molecule has 4 heteroatoms. The normalized spacial score (nSPS) is 10.7. The minimum Gasteiger partial charge on any atom is -0.346 e. The van der Waals surface area contributed by atoms with Crippen LogP contribution in [0, 0.1) is 27.7 Å². The number of carbonyl (C=O) groups is 1. The topological polar surface area (TPSA) is 46.9 Å². The van der Waals surface area contributed by atoms with Crippen molar-refractivity contribution in [1.82, 2.24) is 14.9 Å². The first-order valence-electron chi connectivity index (χ1n) is 8.42. The summed E-state index contributed by atoms with van der Waals surface area (Å²) in [5.41, 5.74) is 6.96. The first-order valence-corrected chi connectivity index (χ1v) is 8.42. The maximum absolute atomic E-state index is 12.7. The molecule has 25 heavy (non-hydrogen) atoms. The molecule has 0 atom stereocenters. The summed E-state index contributed by atoms with van der Waals surface area (Å²) in [6.07, 6.45) is 1.75. The van der Waals surface area contributed by atoms with Gasteiger partial charge in [0.1, 0.15) is 0 Å². The van der Waals surface area contributed by atoms with E-state index in [4.69, 9.17) is 0 Å². The quantitative estimate of drug-likeness (QED) is 0.783. The number of carbonyl (C=O) groups excluding carboxylic acids is 1. The number of para-hydroxylation sites is 1. The first-order chi connectivity index (χ1) is 12.0. The van der Waals surface area contributed by atoms with Gasteiger partial charge in [-0.2, -0.15) is 0 Å². The van der Waals surface area contributed by atoms with E-state index in [0.29, 0.717) is 12.1 Å². The van der Waals surface area contributed by atoms with Gasteiger partial charge in [0.25, 0.3) is 5.91 Å². The van der Waals surface area contributed by atoms with Gasteiger partial charge in [0.05, 0.1) is 17.8 Å². The summed E-state index contributed by atoms with van der Waals surface area (Å²) >= 11 is 0. The number of hydrogen-bond acceptors (Lipinski definition) is 2. The van der Waals surface area contributed by atoms with Crippen molar-refractivity contribution in [1.29, 1.82) is 0 Å². The molecule has 0 radical (unpaired) electrons. The fourth-order valence-corrected chi connectivity index (χ4v) is 3.14. The van der Waals surface area contributed by atoms with Gasteiger partial charge < -0.3 is 9.88 Å². The second-order valence-corrected chi connectivity index (χ2v) is 6.36. The minimum atomic E-state index is -0.0713. The van der Waals surface area contributed by atoms with Crippen molar-refractivity contribution in [2.24, 2.45) is 0 Å². The molecule has 0 saturated carbocycles. The van der Waals surface area contributed by atoms with Gasteiger partial charge in [-0.1, -0.05) is 24.3 Å². The highest BCUT2D eigenvalue weighted by atomic mass is 16.1. The Kier molecular flexibility index (Phi) is 4.70. The molecule has 3 rings (SSSR count). The number of nitrogens with zero attached hydrogens (tertiary/aromatic N) is 2. The van der Waals surface area contributed by atoms with Crippen molar-refractivity contribution in [3.05, 3.63) is 82.4 Å². The lowest BCUT2D eigenvalue weighted by molar-refractivity contribution is 0.0950. The summed E-state index contributed by atoms with van der Waals surface area (Å²) in [4.78, 5) is 17.0. The van der Waals surface area contributed by atoms with Crippen molar-refractivity contribution in [3.63, 3.8) is 0 Å². The van der Waals surface area contributed by atoms with Gasteiger partial charge in [-0.15, -0.1) is 0 Å². The molecule has 2 heterocycles.